The van der Waals surface area contributed by atoms with Gasteiger partial charge in [0.25, 0.3) is 0 Å². The monoisotopic (exact) mass is 335 g/mol. The molecular formula is C14H30ClN5O2. The van der Waals surface area contributed by atoms with E-state index in [0.717, 1.165) is 18.8 Å². The zero-order valence-electron chi connectivity index (χ0n) is 13.4. The molecule has 0 unspecified atom stereocenters. The molecule has 0 amide bonds. The second kappa shape index (κ2) is 11.8. The van der Waals surface area contributed by atoms with Crippen LogP contribution in [0.1, 0.15) is 57.7 Å². The molecule has 0 aromatic carbocycles. The number of unbranched alkanes of at least 4 members (excludes halogenated alkanes) is 5. The van der Waals surface area contributed by atoms with E-state index in [-0.39, 0.29) is 25.6 Å². The Balaban J connectivity index is 0.00000441. The maximum Gasteiger partial charge on any atom is 0.151 e. The van der Waals surface area contributed by atoms with Crippen molar-refractivity contribution in [1.82, 2.24) is 20.2 Å². The van der Waals surface area contributed by atoms with Crippen molar-refractivity contribution in [2.24, 2.45) is 5.73 Å². The fourth-order valence-corrected chi connectivity index (χ4v) is 2.19. The van der Waals surface area contributed by atoms with Gasteiger partial charge in [-0.2, -0.15) is 0 Å². The van der Waals surface area contributed by atoms with Gasteiger partial charge in [-0.05, 0) is 23.3 Å². The van der Waals surface area contributed by atoms with Crippen LogP contribution in [0.25, 0.3) is 0 Å². The normalized spacial score (nSPS) is 11.5. The molecule has 8 heteroatoms. The number of aryl methyl sites for hydroxylation is 2. The van der Waals surface area contributed by atoms with E-state index < -0.39 is 5.54 Å². The van der Waals surface area contributed by atoms with Gasteiger partial charge < -0.3 is 15.9 Å². The van der Waals surface area contributed by atoms with Gasteiger partial charge in [0.2, 0.25) is 0 Å². The summed E-state index contributed by atoms with van der Waals surface area (Å²) in [5, 5.41) is 30.1. The lowest BCUT2D eigenvalue weighted by atomic mass is 9.96. The van der Waals surface area contributed by atoms with Gasteiger partial charge in [-0.15, -0.1) is 17.5 Å². The number of aromatic nitrogens is 4. The molecule has 0 aliphatic rings. The maximum atomic E-state index is 9.18. The average molecular weight is 336 g/mol. The van der Waals surface area contributed by atoms with Gasteiger partial charge in [0.05, 0.1) is 18.8 Å². The molecule has 0 saturated heterocycles. The Bertz CT molecular complexity index is 385. The van der Waals surface area contributed by atoms with Crippen molar-refractivity contribution < 1.29 is 10.2 Å². The van der Waals surface area contributed by atoms with Crippen molar-refractivity contribution >= 4 is 12.4 Å². The number of hydrogen-bond donors (Lipinski definition) is 3. The highest BCUT2D eigenvalue weighted by Gasteiger charge is 2.23. The number of nitrogens with two attached hydrogens (primary N) is 1. The van der Waals surface area contributed by atoms with Crippen LogP contribution in [0, 0.1) is 0 Å². The van der Waals surface area contributed by atoms with Crippen LogP contribution in [-0.4, -0.2) is 49.2 Å². The molecule has 130 valence electrons. The predicted octanol–water partition coefficient (Wildman–Crippen LogP) is 1.07. The first-order valence-electron chi connectivity index (χ1n) is 7.91. The van der Waals surface area contributed by atoms with Crippen molar-refractivity contribution in [3.63, 3.8) is 0 Å². The summed E-state index contributed by atoms with van der Waals surface area (Å²) in [5.41, 5.74) is 4.89. The van der Waals surface area contributed by atoms with Crippen molar-refractivity contribution in [2.75, 3.05) is 13.2 Å². The molecule has 0 saturated carbocycles. The van der Waals surface area contributed by atoms with Gasteiger partial charge >= 0.3 is 0 Å². The van der Waals surface area contributed by atoms with Gasteiger partial charge in [0.15, 0.2) is 5.82 Å². The Labute approximate surface area is 138 Å². The summed E-state index contributed by atoms with van der Waals surface area (Å²) >= 11 is 0. The van der Waals surface area contributed by atoms with Crippen LogP contribution in [0.3, 0.4) is 0 Å². The third-order valence-corrected chi connectivity index (χ3v) is 3.81. The molecular weight excluding hydrogens is 306 g/mol. The Morgan fingerprint density at radius 1 is 1.09 bits per heavy atom. The third kappa shape index (κ3) is 7.49. The number of halogens is 1. The van der Waals surface area contributed by atoms with Crippen molar-refractivity contribution in [2.45, 2.75) is 70.4 Å². The van der Waals surface area contributed by atoms with Gasteiger partial charge in [-0.25, -0.2) is 4.68 Å². The first-order valence-corrected chi connectivity index (χ1v) is 7.91. The van der Waals surface area contributed by atoms with Crippen LogP contribution in [0.4, 0.5) is 0 Å². The summed E-state index contributed by atoms with van der Waals surface area (Å²) in [4.78, 5) is 0. The molecule has 7 nitrogen and oxygen atoms in total. The van der Waals surface area contributed by atoms with Crippen molar-refractivity contribution in [3.05, 3.63) is 5.82 Å². The predicted molar refractivity (Wildman–Crippen MR) is 87.9 cm³/mol. The fraction of sp³-hybridized carbons (Fsp3) is 0.929. The zero-order valence-corrected chi connectivity index (χ0v) is 14.3. The number of aliphatic hydroxyl groups excluding tert-OH is 2. The minimum atomic E-state index is -0.961. The lowest BCUT2D eigenvalue weighted by Gasteiger charge is -2.23. The molecule has 4 N–H and O–H groups in total. The molecule has 0 atom stereocenters. The number of nitrogens with zero attached hydrogens (tertiary/aromatic N) is 4. The maximum absolute atomic E-state index is 9.18. The van der Waals surface area contributed by atoms with E-state index in [1.54, 1.807) is 4.68 Å². The minimum Gasteiger partial charge on any atom is -0.394 e. The molecule has 0 aliphatic carbocycles. The first-order chi connectivity index (χ1) is 10.1. The van der Waals surface area contributed by atoms with Gasteiger partial charge in [0, 0.05) is 13.0 Å². The highest BCUT2D eigenvalue weighted by Crippen LogP contribution is 2.11. The number of hydrogen-bond acceptors (Lipinski definition) is 6. The quantitative estimate of drug-likeness (QED) is 0.493. The smallest absolute Gasteiger partial charge is 0.151 e. The Morgan fingerprint density at radius 2 is 1.73 bits per heavy atom. The first kappa shape index (κ1) is 21.2. The lowest BCUT2D eigenvalue weighted by molar-refractivity contribution is 0.114. The van der Waals surface area contributed by atoms with E-state index in [1.807, 2.05) is 0 Å². The topological polar surface area (TPSA) is 110 Å². The molecule has 0 spiro atoms. The number of rotatable bonds is 12. The van der Waals surface area contributed by atoms with Gasteiger partial charge in [-0.3, -0.25) is 0 Å². The van der Waals surface area contributed by atoms with Crippen LogP contribution in [0.15, 0.2) is 0 Å². The molecule has 0 bridgehead atoms. The molecule has 0 radical (unpaired) electrons. The van der Waals surface area contributed by atoms with E-state index >= 15 is 0 Å². The molecule has 22 heavy (non-hydrogen) atoms. The molecule has 0 aliphatic heterocycles. The Hall–Kier alpha value is -0.760. The third-order valence-electron chi connectivity index (χ3n) is 3.81. The summed E-state index contributed by atoms with van der Waals surface area (Å²) < 4.78 is 1.80. The molecule has 1 heterocycles. The second-order valence-electron chi connectivity index (χ2n) is 5.76. The number of aliphatic hydroxyl groups is 2. The van der Waals surface area contributed by atoms with Crippen LogP contribution in [0.2, 0.25) is 0 Å². The molecule has 1 rings (SSSR count). The largest absolute Gasteiger partial charge is 0.394 e. The van der Waals surface area contributed by atoms with Crippen LogP contribution < -0.4 is 5.73 Å². The molecule has 0 fully saturated rings. The van der Waals surface area contributed by atoms with E-state index in [9.17, 15) is 10.2 Å². The minimum absolute atomic E-state index is 0. The van der Waals surface area contributed by atoms with E-state index in [0.29, 0.717) is 12.8 Å². The summed E-state index contributed by atoms with van der Waals surface area (Å²) in [6.45, 7) is 2.53. The fourth-order valence-electron chi connectivity index (χ4n) is 2.19. The standard InChI is InChI=1S/C14H29N5O2.ClH/c1-2-3-4-5-6-7-10-19-13(16-17-18-19)8-9-14(15,11-20)12-21;/h20-21H,2-12,15H2,1H3;1H. The summed E-state index contributed by atoms with van der Waals surface area (Å²) in [6.07, 6.45) is 8.37. The van der Waals surface area contributed by atoms with Crippen molar-refractivity contribution in [3.8, 4) is 0 Å². The van der Waals surface area contributed by atoms with Crippen LogP contribution in [-0.2, 0) is 13.0 Å². The number of tetrazole rings is 1. The van der Waals surface area contributed by atoms with Crippen LogP contribution in [0.5, 0.6) is 0 Å². The summed E-state index contributed by atoms with van der Waals surface area (Å²) in [7, 11) is 0. The Kier molecular flexibility index (Phi) is 11.4. The summed E-state index contributed by atoms with van der Waals surface area (Å²) in [5.74, 6) is 0.764. The highest BCUT2D eigenvalue weighted by atomic mass is 35.5. The van der Waals surface area contributed by atoms with E-state index in [4.69, 9.17) is 5.73 Å². The summed E-state index contributed by atoms with van der Waals surface area (Å²) in [6, 6.07) is 0. The molecule has 1 aromatic heterocycles. The lowest BCUT2D eigenvalue weighted by Crippen LogP contribution is -2.47. The van der Waals surface area contributed by atoms with Crippen molar-refractivity contribution in [1.29, 1.82) is 0 Å². The highest BCUT2D eigenvalue weighted by molar-refractivity contribution is 5.85. The van der Waals surface area contributed by atoms with E-state index in [1.165, 1.54) is 32.1 Å². The van der Waals surface area contributed by atoms with Crippen LogP contribution >= 0.6 is 12.4 Å². The Morgan fingerprint density at radius 3 is 2.36 bits per heavy atom. The zero-order chi connectivity index (χ0) is 15.6. The average Bonchev–Trinajstić information content (AvgIpc) is 2.96. The SMILES string of the molecule is CCCCCCCCn1nnnc1CCC(N)(CO)CO.Cl. The molecule has 1 aromatic rings. The van der Waals surface area contributed by atoms with E-state index in [2.05, 4.69) is 22.4 Å². The second-order valence-corrected chi connectivity index (χ2v) is 5.76. The van der Waals surface area contributed by atoms with Gasteiger partial charge in [-0.1, -0.05) is 39.0 Å². The van der Waals surface area contributed by atoms with Gasteiger partial charge in [0.1, 0.15) is 0 Å².